The molecule has 6 nitrogen and oxygen atoms in total. The molecule has 240 valence electrons. The van der Waals surface area contributed by atoms with Crippen LogP contribution in [0.4, 0.5) is 0 Å². The summed E-state index contributed by atoms with van der Waals surface area (Å²) in [5.74, 6) is -2.53. The summed E-state index contributed by atoms with van der Waals surface area (Å²) in [5, 5.41) is 10.3. The molecular weight excluding hydrogens is 640 g/mol. The summed E-state index contributed by atoms with van der Waals surface area (Å²) in [6.45, 7) is 22.9. The maximum atomic E-state index is 13.4. The number of benzene rings is 1. The minimum atomic E-state index is -2.72. The number of allylic oxidation sites excluding steroid dienone is 2. The molecule has 43 heavy (non-hydrogen) atoms. The van der Waals surface area contributed by atoms with Crippen LogP contribution in [0.3, 0.4) is 0 Å². The predicted octanol–water partition coefficient (Wildman–Crippen LogP) is 9.64. The van der Waals surface area contributed by atoms with Crippen molar-refractivity contribution in [1.29, 1.82) is 0 Å². The van der Waals surface area contributed by atoms with Crippen LogP contribution in [0.15, 0.2) is 60.4 Å². The highest BCUT2D eigenvalue weighted by atomic mass is 79.9. The van der Waals surface area contributed by atoms with Crippen molar-refractivity contribution in [2.45, 2.75) is 121 Å². The standard InChI is InChI=1S/C34H53BrO6Si2/c1-12-13-19-26-23-24-29(36)28(26)22-17-18-25-33(40-42(8,9)31(2,3)4,41-43(10,11)32(5,6)7)34(35,30(37)38)39-27-20-15-14-16-21-27/h13-17,19-21,25-26,28H,12,22-24H2,1-11H3,(H,37,38)/b19-13+/t18?,26-,28+,34?/m0/s1/i40+0,41+0. The van der Waals surface area contributed by atoms with E-state index in [9.17, 15) is 14.7 Å². The molecule has 1 unspecified atom stereocenters. The zero-order chi connectivity index (χ0) is 32.9. The number of rotatable bonds is 13. The van der Waals surface area contributed by atoms with Crippen molar-refractivity contribution in [3.05, 3.63) is 60.4 Å². The zero-order valence-corrected chi connectivity index (χ0v) is 31.6. The third kappa shape index (κ3) is 8.92. The van der Waals surface area contributed by atoms with E-state index in [4.69, 9.17) is 13.6 Å². The van der Waals surface area contributed by atoms with Crippen molar-refractivity contribution in [2.24, 2.45) is 11.8 Å². The molecule has 1 aliphatic rings. The van der Waals surface area contributed by atoms with E-state index in [1.165, 1.54) is 0 Å². The van der Waals surface area contributed by atoms with Crippen molar-refractivity contribution >= 4 is 44.3 Å². The molecule has 0 heterocycles. The Bertz CT molecular complexity index is 1180. The van der Waals surface area contributed by atoms with Gasteiger partial charge in [-0.25, -0.2) is 4.79 Å². The molecule has 1 aromatic rings. The van der Waals surface area contributed by atoms with E-state index in [1.807, 2.05) is 12.1 Å². The number of Topliss-reactive ketones (excluding diaryl/α,β-unsaturated/α-hetero) is 1. The van der Waals surface area contributed by atoms with Gasteiger partial charge >= 0.3 is 10.5 Å². The Hall–Kier alpha value is -1.75. The Morgan fingerprint density at radius 2 is 1.56 bits per heavy atom. The second kappa shape index (κ2) is 14.1. The van der Waals surface area contributed by atoms with Crippen LogP contribution < -0.4 is 4.74 Å². The Morgan fingerprint density at radius 3 is 2.02 bits per heavy atom. The van der Waals surface area contributed by atoms with Crippen LogP contribution in [0.25, 0.3) is 0 Å². The minimum Gasteiger partial charge on any atom is -0.477 e. The number of ketones is 1. The number of carboxylic acids is 1. The zero-order valence-electron chi connectivity index (χ0n) is 28.0. The summed E-state index contributed by atoms with van der Waals surface area (Å²) in [4.78, 5) is 26.1. The number of hydrogen-bond acceptors (Lipinski definition) is 5. The van der Waals surface area contributed by atoms with E-state index in [-0.39, 0.29) is 27.7 Å². The summed E-state index contributed by atoms with van der Waals surface area (Å²) in [7, 11) is -5.44. The van der Waals surface area contributed by atoms with Crippen molar-refractivity contribution in [2.75, 3.05) is 0 Å². The van der Waals surface area contributed by atoms with Crippen LogP contribution in [-0.2, 0) is 18.4 Å². The highest BCUT2D eigenvalue weighted by Gasteiger charge is 2.65. The van der Waals surface area contributed by atoms with Gasteiger partial charge in [0, 0.05) is 18.4 Å². The van der Waals surface area contributed by atoms with Crippen molar-refractivity contribution in [1.82, 2.24) is 0 Å². The number of carbonyl (C=O) groups excluding carboxylic acids is 1. The molecule has 1 N–H and O–H groups in total. The number of alkyl halides is 1. The van der Waals surface area contributed by atoms with Crippen LogP contribution in [-0.4, -0.2) is 43.8 Å². The Morgan fingerprint density at radius 1 is 1.02 bits per heavy atom. The average Bonchev–Trinajstić information content (AvgIpc) is 3.22. The number of halogens is 1. The summed E-state index contributed by atoms with van der Waals surface area (Å²) in [6, 6.07) is 8.82. The maximum absolute atomic E-state index is 13.4. The third-order valence-electron chi connectivity index (χ3n) is 9.19. The van der Waals surface area contributed by atoms with Gasteiger partial charge in [0.25, 0.3) is 0 Å². The number of carboxylic acid groups (broad SMARTS) is 1. The fourth-order valence-corrected chi connectivity index (χ4v) is 7.89. The van der Waals surface area contributed by atoms with Crippen LogP contribution in [0, 0.1) is 11.8 Å². The largest absolute Gasteiger partial charge is 0.477 e. The molecule has 1 aliphatic carbocycles. The first-order chi connectivity index (χ1) is 19.6. The molecule has 0 amide bonds. The van der Waals surface area contributed by atoms with E-state index < -0.39 is 32.9 Å². The van der Waals surface area contributed by atoms with Crippen LogP contribution in [0.5, 0.6) is 5.75 Å². The first kappa shape index (κ1) is 37.4. The molecule has 0 aromatic heterocycles. The smallest absolute Gasteiger partial charge is 0.365 e. The van der Waals surface area contributed by atoms with Crippen molar-refractivity contribution in [3.63, 3.8) is 0 Å². The number of hydrogen-bond donors (Lipinski definition) is 1. The summed E-state index contributed by atoms with van der Waals surface area (Å²) >= 11 is 3.54. The fourth-order valence-electron chi connectivity index (χ4n) is 4.43. The SMILES string of the molecule is CC/C=C/[C@H]1CCC(=O)[C@@H]1CC=C=CC([16O][Si](C)(C)C(C)(C)C)([16O][Si](C)(C)C(C)(C)C)C(Br)(Oc1ccccc1)C(=O)O. The van der Waals surface area contributed by atoms with E-state index in [2.05, 4.69) is 108 Å². The summed E-state index contributed by atoms with van der Waals surface area (Å²) in [5.41, 5.74) is 3.24. The Labute approximate surface area is 270 Å². The van der Waals surface area contributed by atoms with Gasteiger partial charge in [-0.05, 0) is 95.6 Å². The van der Waals surface area contributed by atoms with E-state index in [1.54, 1.807) is 30.3 Å². The number of para-hydroxylation sites is 1. The molecule has 0 aliphatic heterocycles. The molecule has 1 aromatic carbocycles. The molecular formula is C34H53BrO6Si2. The molecule has 2 rings (SSSR count). The molecule has 9 heteroatoms. The lowest BCUT2D eigenvalue weighted by Gasteiger charge is -2.52. The van der Waals surface area contributed by atoms with Crippen molar-refractivity contribution in [3.8, 4) is 5.75 Å². The van der Waals surface area contributed by atoms with E-state index in [0.29, 0.717) is 18.6 Å². The van der Waals surface area contributed by atoms with Crippen LogP contribution in [0.1, 0.15) is 74.1 Å². The topological polar surface area (TPSA) is 82.1 Å². The maximum Gasteiger partial charge on any atom is 0.365 e. The van der Waals surface area contributed by atoms with Gasteiger partial charge in [0.1, 0.15) is 11.5 Å². The summed E-state index contributed by atoms with van der Waals surface area (Å²) in [6.07, 6.45) is 10.5. The molecule has 0 radical (unpaired) electrons. The van der Waals surface area contributed by atoms with Gasteiger partial charge in [0.15, 0.2) is 16.6 Å². The van der Waals surface area contributed by atoms with Crippen molar-refractivity contribution < 1.29 is 28.3 Å². The van der Waals surface area contributed by atoms with Crippen LogP contribution in [0.2, 0.25) is 36.3 Å². The number of carbonyl (C=O) groups is 2. The first-order valence-electron chi connectivity index (χ1n) is 15.3. The third-order valence-corrected chi connectivity index (χ3v) is 19.1. The van der Waals surface area contributed by atoms with Gasteiger partial charge in [-0.1, -0.05) is 78.8 Å². The van der Waals surface area contributed by atoms with E-state index >= 15 is 0 Å². The Kier molecular flexibility index (Phi) is 12.3. The molecule has 0 saturated heterocycles. The second-order valence-corrected chi connectivity index (χ2v) is 25.1. The second-order valence-electron chi connectivity index (χ2n) is 14.6. The lowest BCUT2D eigenvalue weighted by atomic mass is 9.91. The average molecular weight is 694 g/mol. The molecule has 0 spiro atoms. The first-order valence-corrected chi connectivity index (χ1v) is 21.9. The van der Waals surface area contributed by atoms with E-state index in [0.717, 1.165) is 12.8 Å². The highest BCUT2D eigenvalue weighted by Crippen LogP contribution is 2.50. The predicted molar refractivity (Wildman–Crippen MR) is 184 cm³/mol. The summed E-state index contributed by atoms with van der Waals surface area (Å²) < 4.78 is 18.3. The normalized spacial score (nSPS) is 20.0. The Balaban J connectivity index is 2.82. The van der Waals surface area contributed by atoms with Gasteiger partial charge < -0.3 is 18.7 Å². The molecule has 1 saturated carbocycles. The molecule has 1 fully saturated rings. The quantitative estimate of drug-likeness (QED) is 0.0729. The van der Waals surface area contributed by atoms with Gasteiger partial charge in [0.2, 0.25) is 5.79 Å². The van der Waals surface area contributed by atoms with Gasteiger partial charge in [0.05, 0.1) is 0 Å². The van der Waals surface area contributed by atoms with Gasteiger partial charge in [-0.2, -0.15) is 0 Å². The molecule has 0 bridgehead atoms. The lowest BCUT2D eigenvalue weighted by Crippen LogP contribution is -2.68. The molecule has 3 atom stereocenters. The monoisotopic (exact) mass is 692 g/mol. The lowest BCUT2D eigenvalue weighted by molar-refractivity contribution is -0.193. The van der Waals surface area contributed by atoms with Gasteiger partial charge in [-0.15, -0.1) is 5.73 Å². The number of ether oxygens (including phenoxy) is 1. The van der Waals surface area contributed by atoms with Gasteiger partial charge in [-0.3, -0.25) is 4.79 Å². The van der Waals surface area contributed by atoms with Crippen LogP contribution >= 0.6 is 15.9 Å². The highest BCUT2D eigenvalue weighted by molar-refractivity contribution is 9.10. The fraction of sp³-hybridized carbons (Fsp3) is 0.618. The minimum absolute atomic E-state index is 0.130. The number of aliphatic carboxylic acids is 1.